The van der Waals surface area contributed by atoms with E-state index < -0.39 is 0 Å². The average molecular weight is 351 g/mol. The molecule has 8 heteroatoms. The Bertz CT molecular complexity index is 944. The Morgan fingerprint density at radius 3 is 2.54 bits per heavy atom. The third-order valence-electron chi connectivity index (χ3n) is 4.63. The summed E-state index contributed by atoms with van der Waals surface area (Å²) in [6.07, 6.45) is 7.24. The first kappa shape index (κ1) is 16.5. The number of nitrogens with zero attached hydrogens (tertiary/aromatic N) is 6. The molecule has 3 aromatic heterocycles. The summed E-state index contributed by atoms with van der Waals surface area (Å²) in [7, 11) is 3.95. The highest BCUT2D eigenvalue weighted by molar-refractivity contribution is 5.91. The van der Waals surface area contributed by atoms with Crippen molar-refractivity contribution in [1.82, 2.24) is 29.5 Å². The van der Waals surface area contributed by atoms with Crippen LogP contribution in [0.4, 0.5) is 10.6 Å². The lowest BCUT2D eigenvalue weighted by Crippen LogP contribution is -2.48. The van der Waals surface area contributed by atoms with Crippen molar-refractivity contribution in [2.45, 2.75) is 0 Å². The van der Waals surface area contributed by atoms with E-state index >= 15 is 0 Å². The number of anilines is 1. The lowest BCUT2D eigenvalue weighted by molar-refractivity contribution is 0.164. The Morgan fingerprint density at radius 2 is 1.81 bits per heavy atom. The topological polar surface area (TPSA) is 79.2 Å². The van der Waals surface area contributed by atoms with Gasteiger partial charge in [0.1, 0.15) is 5.82 Å². The Labute approximate surface area is 151 Å². The minimum atomic E-state index is -0.110. The van der Waals surface area contributed by atoms with Crippen LogP contribution in [0.1, 0.15) is 0 Å². The number of hydrogen-bond donors (Lipinski definition) is 1. The number of aromatic nitrogens is 4. The number of aryl methyl sites for hydroxylation is 1. The number of rotatable bonds is 2. The number of nitrogens with one attached hydrogen (secondary N) is 1. The van der Waals surface area contributed by atoms with Crippen molar-refractivity contribution in [3.05, 3.63) is 36.9 Å². The summed E-state index contributed by atoms with van der Waals surface area (Å²) >= 11 is 0. The van der Waals surface area contributed by atoms with Gasteiger partial charge in [0.25, 0.3) is 0 Å². The number of carbonyl (C=O) groups excluding carboxylic acids is 1. The molecule has 0 saturated carbocycles. The summed E-state index contributed by atoms with van der Waals surface area (Å²) in [4.78, 5) is 25.2. The molecule has 1 fully saturated rings. The van der Waals surface area contributed by atoms with E-state index in [-0.39, 0.29) is 6.03 Å². The van der Waals surface area contributed by atoms with Gasteiger partial charge < -0.3 is 9.80 Å². The third kappa shape index (κ3) is 3.36. The number of pyridine rings is 2. The molecule has 4 rings (SSSR count). The van der Waals surface area contributed by atoms with Crippen LogP contribution in [0, 0.1) is 0 Å². The van der Waals surface area contributed by atoms with Crippen LogP contribution in [0.15, 0.2) is 36.9 Å². The van der Waals surface area contributed by atoms with Gasteiger partial charge in [-0.25, -0.2) is 9.78 Å². The molecular weight excluding hydrogens is 330 g/mol. The molecule has 1 N–H and O–H groups in total. The van der Waals surface area contributed by atoms with Crippen LogP contribution in [0.3, 0.4) is 0 Å². The Balaban J connectivity index is 1.55. The number of fused-ring (bicyclic) bond motifs is 1. The summed E-state index contributed by atoms with van der Waals surface area (Å²) in [6, 6.07) is 3.78. The normalized spacial score (nSPS) is 15.4. The molecule has 26 heavy (non-hydrogen) atoms. The van der Waals surface area contributed by atoms with E-state index in [9.17, 15) is 4.79 Å². The quantitative estimate of drug-likeness (QED) is 0.762. The highest BCUT2D eigenvalue weighted by atomic mass is 16.2. The van der Waals surface area contributed by atoms with Gasteiger partial charge in [0.15, 0.2) is 0 Å². The van der Waals surface area contributed by atoms with Crippen LogP contribution in [-0.4, -0.2) is 68.8 Å². The SMILES string of the molecule is CN1CCN(C(=O)Nc2cc3cc(-c4cnn(C)c4)cnc3cn2)CC1. The van der Waals surface area contributed by atoms with E-state index in [0.29, 0.717) is 5.82 Å². The smallest absolute Gasteiger partial charge is 0.322 e. The Hall–Kier alpha value is -3.00. The number of piperazine rings is 1. The second-order valence-electron chi connectivity index (χ2n) is 6.61. The molecule has 0 spiro atoms. The van der Waals surface area contributed by atoms with E-state index in [1.54, 1.807) is 17.1 Å². The summed E-state index contributed by atoms with van der Waals surface area (Å²) in [5, 5.41) is 8.02. The van der Waals surface area contributed by atoms with Gasteiger partial charge in [-0.2, -0.15) is 5.10 Å². The maximum Gasteiger partial charge on any atom is 0.323 e. The van der Waals surface area contributed by atoms with Crippen molar-refractivity contribution in [2.24, 2.45) is 7.05 Å². The maximum atomic E-state index is 12.4. The van der Waals surface area contributed by atoms with Gasteiger partial charge in [-0.3, -0.25) is 15.0 Å². The molecule has 0 atom stereocenters. The minimum Gasteiger partial charge on any atom is -0.322 e. The highest BCUT2D eigenvalue weighted by Crippen LogP contribution is 2.23. The van der Waals surface area contributed by atoms with Crippen LogP contribution in [-0.2, 0) is 7.05 Å². The molecule has 2 amide bonds. The fourth-order valence-electron chi connectivity index (χ4n) is 3.03. The summed E-state index contributed by atoms with van der Waals surface area (Å²) < 4.78 is 1.76. The van der Waals surface area contributed by atoms with Crippen LogP contribution < -0.4 is 5.32 Å². The molecule has 1 aliphatic heterocycles. The maximum absolute atomic E-state index is 12.4. The van der Waals surface area contributed by atoms with E-state index in [0.717, 1.165) is 48.2 Å². The fraction of sp³-hybridized carbons (Fsp3) is 0.333. The Kier molecular flexibility index (Phi) is 4.26. The van der Waals surface area contributed by atoms with Crippen molar-refractivity contribution in [3.8, 4) is 11.1 Å². The Morgan fingerprint density at radius 1 is 1.00 bits per heavy atom. The van der Waals surface area contributed by atoms with Gasteiger partial charge in [0.05, 0.1) is 17.9 Å². The molecule has 0 bridgehead atoms. The van der Waals surface area contributed by atoms with Crippen molar-refractivity contribution in [3.63, 3.8) is 0 Å². The average Bonchev–Trinajstić information content (AvgIpc) is 3.08. The zero-order valence-corrected chi connectivity index (χ0v) is 14.9. The highest BCUT2D eigenvalue weighted by Gasteiger charge is 2.19. The van der Waals surface area contributed by atoms with Crippen molar-refractivity contribution >= 4 is 22.8 Å². The summed E-state index contributed by atoms with van der Waals surface area (Å²) in [5.41, 5.74) is 2.77. The number of likely N-dealkylation sites (N-methyl/N-ethyl adjacent to an activating group) is 1. The second kappa shape index (κ2) is 6.72. The van der Waals surface area contributed by atoms with Crippen LogP contribution in [0.5, 0.6) is 0 Å². The molecule has 0 aliphatic carbocycles. The third-order valence-corrected chi connectivity index (χ3v) is 4.63. The van der Waals surface area contributed by atoms with E-state index in [1.807, 2.05) is 36.5 Å². The molecule has 8 nitrogen and oxygen atoms in total. The number of carbonyl (C=O) groups is 1. The summed E-state index contributed by atoms with van der Waals surface area (Å²) in [6.45, 7) is 3.22. The van der Waals surface area contributed by atoms with Crippen molar-refractivity contribution in [1.29, 1.82) is 0 Å². The van der Waals surface area contributed by atoms with Gasteiger partial charge in [-0.1, -0.05) is 0 Å². The lowest BCUT2D eigenvalue weighted by atomic mass is 10.1. The van der Waals surface area contributed by atoms with Gasteiger partial charge in [0, 0.05) is 62.1 Å². The van der Waals surface area contributed by atoms with Crippen LogP contribution in [0.2, 0.25) is 0 Å². The molecule has 0 aromatic carbocycles. The van der Waals surface area contributed by atoms with E-state index in [1.165, 1.54) is 0 Å². The first-order valence-corrected chi connectivity index (χ1v) is 8.58. The van der Waals surface area contributed by atoms with Gasteiger partial charge in [-0.05, 0) is 19.2 Å². The zero-order valence-electron chi connectivity index (χ0n) is 14.9. The first-order valence-electron chi connectivity index (χ1n) is 8.58. The standard InChI is InChI=1S/C18H21N7O/c1-23-3-5-25(6-4-23)18(26)22-17-8-13-7-14(9-19-16(13)11-20-17)15-10-21-24(2)12-15/h7-12H,3-6H2,1-2H3,(H,20,22,26). The first-order chi connectivity index (χ1) is 12.6. The second-order valence-corrected chi connectivity index (χ2v) is 6.61. The molecular formula is C18H21N7O. The van der Waals surface area contributed by atoms with E-state index in [4.69, 9.17) is 0 Å². The van der Waals surface area contributed by atoms with Crippen LogP contribution >= 0.6 is 0 Å². The van der Waals surface area contributed by atoms with Crippen molar-refractivity contribution in [2.75, 3.05) is 38.5 Å². The monoisotopic (exact) mass is 351 g/mol. The molecule has 1 saturated heterocycles. The minimum absolute atomic E-state index is 0.110. The number of hydrogen-bond acceptors (Lipinski definition) is 5. The number of amides is 2. The van der Waals surface area contributed by atoms with Crippen molar-refractivity contribution < 1.29 is 4.79 Å². The largest absolute Gasteiger partial charge is 0.323 e. The molecule has 1 aliphatic rings. The predicted octanol–water partition coefficient (Wildman–Crippen LogP) is 1.81. The molecule has 0 unspecified atom stereocenters. The predicted molar refractivity (Wildman–Crippen MR) is 99.8 cm³/mol. The lowest BCUT2D eigenvalue weighted by Gasteiger charge is -2.32. The van der Waals surface area contributed by atoms with E-state index in [2.05, 4.69) is 32.3 Å². The van der Waals surface area contributed by atoms with Gasteiger partial charge >= 0.3 is 6.03 Å². The fourth-order valence-corrected chi connectivity index (χ4v) is 3.03. The molecule has 0 radical (unpaired) electrons. The number of urea groups is 1. The molecule has 4 heterocycles. The zero-order chi connectivity index (χ0) is 18.1. The van der Waals surface area contributed by atoms with Crippen LogP contribution in [0.25, 0.3) is 22.0 Å². The van der Waals surface area contributed by atoms with Gasteiger partial charge in [-0.15, -0.1) is 0 Å². The molecule has 3 aromatic rings. The summed E-state index contributed by atoms with van der Waals surface area (Å²) in [5.74, 6) is 0.534. The van der Waals surface area contributed by atoms with Gasteiger partial charge in [0.2, 0.25) is 0 Å². The molecule has 134 valence electrons.